The Balaban J connectivity index is 2.50. The molecule has 0 heterocycles. The van der Waals surface area contributed by atoms with Gasteiger partial charge in [-0.2, -0.15) is 26.3 Å². The van der Waals surface area contributed by atoms with E-state index < -0.39 is 40.4 Å². The highest BCUT2D eigenvalue weighted by Gasteiger charge is 2.53. The molecule has 2 aromatic rings. The molecule has 11 heteroatoms. The first-order chi connectivity index (χ1) is 13.0. The van der Waals surface area contributed by atoms with Crippen LogP contribution in [0.25, 0.3) is 0 Å². The van der Waals surface area contributed by atoms with Crippen molar-refractivity contribution in [1.82, 2.24) is 0 Å². The van der Waals surface area contributed by atoms with E-state index in [0.29, 0.717) is 13.8 Å². The molecule has 29 heavy (non-hydrogen) atoms. The lowest BCUT2D eigenvalue weighted by Crippen LogP contribution is -2.40. The Bertz CT molecular complexity index is 907. The van der Waals surface area contributed by atoms with E-state index in [0.717, 1.165) is 30.3 Å². The van der Waals surface area contributed by atoms with Crippen molar-refractivity contribution in [2.75, 3.05) is 11.5 Å². The van der Waals surface area contributed by atoms with Gasteiger partial charge in [0.05, 0.1) is 5.69 Å². The molecule has 2 aromatic carbocycles. The zero-order valence-corrected chi connectivity index (χ0v) is 15.2. The lowest BCUT2D eigenvalue weighted by molar-refractivity contribution is -0.258. The van der Waals surface area contributed by atoms with Crippen LogP contribution in [0.2, 0.25) is 0 Å². The third kappa shape index (κ3) is 4.06. The average Bonchev–Trinajstić information content (AvgIpc) is 2.56. The molecule has 0 saturated carbocycles. The van der Waals surface area contributed by atoms with Gasteiger partial charge in [0.25, 0.3) is 0 Å². The van der Waals surface area contributed by atoms with Crippen molar-refractivity contribution >= 4 is 11.4 Å². The maximum absolute atomic E-state index is 13.1. The zero-order chi connectivity index (χ0) is 22.4. The molecule has 0 spiro atoms. The quantitative estimate of drug-likeness (QED) is 0.436. The Kier molecular flexibility index (Phi) is 5.45. The molecule has 0 radical (unpaired) electrons. The molecule has 6 N–H and O–H groups in total. The summed E-state index contributed by atoms with van der Waals surface area (Å²) in [7, 11) is 0. The second-order valence-electron chi connectivity index (χ2n) is 6.71. The molecular formula is C18H18F6N2O3. The number of hydrogen-bond donors (Lipinski definition) is 4. The van der Waals surface area contributed by atoms with Gasteiger partial charge in [-0.25, -0.2) is 0 Å². The molecule has 0 aliphatic rings. The number of nitrogen functional groups attached to an aromatic ring is 2. The van der Waals surface area contributed by atoms with E-state index in [4.69, 9.17) is 16.2 Å². The molecule has 0 amide bonds. The number of alkyl halides is 6. The van der Waals surface area contributed by atoms with Crippen LogP contribution in [0, 0.1) is 0 Å². The average molecular weight is 424 g/mol. The first-order valence-electron chi connectivity index (χ1n) is 8.05. The van der Waals surface area contributed by atoms with Crippen molar-refractivity contribution < 1.29 is 41.3 Å². The van der Waals surface area contributed by atoms with E-state index in [9.17, 15) is 36.6 Å². The Morgan fingerprint density at radius 2 is 1.31 bits per heavy atom. The standard InChI is InChI=1S/C18H18F6N2O3/c1-15(27,17(19,20)21)10-4-3-5-13(14(10)26)29-9-6-7-12(25)11(8-9)16(2,28)18(22,23)24/h3-8,27-28H,25-26H2,1-2H3. The lowest BCUT2D eigenvalue weighted by atomic mass is 9.93. The molecule has 2 unspecified atom stereocenters. The fourth-order valence-corrected chi connectivity index (χ4v) is 2.51. The van der Waals surface area contributed by atoms with Gasteiger partial charge in [-0.3, -0.25) is 0 Å². The summed E-state index contributed by atoms with van der Waals surface area (Å²) in [5.41, 5.74) is 2.30. The van der Waals surface area contributed by atoms with Gasteiger partial charge in [0.2, 0.25) is 0 Å². The van der Waals surface area contributed by atoms with Crippen molar-refractivity contribution in [3.63, 3.8) is 0 Å². The number of benzene rings is 2. The van der Waals surface area contributed by atoms with Crippen LogP contribution in [-0.4, -0.2) is 22.6 Å². The highest BCUT2D eigenvalue weighted by Crippen LogP contribution is 2.45. The topological polar surface area (TPSA) is 102 Å². The number of anilines is 2. The molecule has 0 aliphatic heterocycles. The summed E-state index contributed by atoms with van der Waals surface area (Å²) >= 11 is 0. The van der Waals surface area contributed by atoms with Crippen molar-refractivity contribution in [2.45, 2.75) is 37.4 Å². The van der Waals surface area contributed by atoms with Gasteiger partial charge in [-0.05, 0) is 38.1 Å². The van der Waals surface area contributed by atoms with Gasteiger partial charge >= 0.3 is 12.4 Å². The molecule has 0 saturated heterocycles. The molecule has 5 nitrogen and oxygen atoms in total. The SMILES string of the molecule is CC(O)(c1cc(Oc2cccc(C(C)(O)C(F)(F)F)c2N)ccc1N)C(F)(F)F. The summed E-state index contributed by atoms with van der Waals surface area (Å²) in [5, 5.41) is 19.7. The summed E-state index contributed by atoms with van der Waals surface area (Å²) in [6.45, 7) is 1.00. The summed E-state index contributed by atoms with van der Waals surface area (Å²) in [4.78, 5) is 0. The normalized spacial score (nSPS) is 16.8. The van der Waals surface area contributed by atoms with E-state index in [1.807, 2.05) is 0 Å². The van der Waals surface area contributed by atoms with Gasteiger partial charge in [-0.15, -0.1) is 0 Å². The minimum absolute atomic E-state index is 0.269. The van der Waals surface area contributed by atoms with E-state index in [2.05, 4.69) is 0 Å². The zero-order valence-electron chi connectivity index (χ0n) is 15.2. The van der Waals surface area contributed by atoms with Crippen LogP contribution < -0.4 is 16.2 Å². The van der Waals surface area contributed by atoms with Gasteiger partial charge in [0.1, 0.15) is 5.75 Å². The molecule has 0 bridgehead atoms. The van der Waals surface area contributed by atoms with Crippen LogP contribution in [0.5, 0.6) is 11.5 Å². The number of para-hydroxylation sites is 1. The molecular weight excluding hydrogens is 406 g/mol. The smallest absolute Gasteiger partial charge is 0.421 e. The first-order valence-corrected chi connectivity index (χ1v) is 8.05. The minimum atomic E-state index is -5.05. The van der Waals surface area contributed by atoms with Crippen molar-refractivity contribution in [1.29, 1.82) is 0 Å². The van der Waals surface area contributed by atoms with E-state index in [1.165, 1.54) is 6.07 Å². The van der Waals surface area contributed by atoms with Crippen LogP contribution in [0.4, 0.5) is 37.7 Å². The van der Waals surface area contributed by atoms with Crippen LogP contribution in [0.3, 0.4) is 0 Å². The molecule has 2 rings (SSSR count). The van der Waals surface area contributed by atoms with Gasteiger partial charge in [0.15, 0.2) is 17.0 Å². The Morgan fingerprint density at radius 1 is 0.793 bits per heavy atom. The van der Waals surface area contributed by atoms with Gasteiger partial charge in [-0.1, -0.05) is 12.1 Å². The van der Waals surface area contributed by atoms with Crippen LogP contribution in [0.1, 0.15) is 25.0 Å². The number of aliphatic hydroxyl groups is 2. The Morgan fingerprint density at radius 3 is 1.83 bits per heavy atom. The predicted octanol–water partition coefficient (Wildman–Crippen LogP) is 4.18. The van der Waals surface area contributed by atoms with Gasteiger partial charge in [0, 0.05) is 16.8 Å². The van der Waals surface area contributed by atoms with Crippen molar-refractivity contribution in [3.8, 4) is 11.5 Å². The minimum Gasteiger partial charge on any atom is -0.455 e. The molecule has 0 fully saturated rings. The fourth-order valence-electron chi connectivity index (χ4n) is 2.51. The fraction of sp³-hybridized carbons (Fsp3) is 0.333. The van der Waals surface area contributed by atoms with Crippen LogP contribution in [-0.2, 0) is 11.2 Å². The molecule has 160 valence electrons. The first kappa shape index (κ1) is 22.6. The Hall–Kier alpha value is -2.66. The molecule has 0 aliphatic carbocycles. The molecule has 0 aromatic heterocycles. The number of ether oxygens (including phenoxy) is 1. The third-order valence-corrected chi connectivity index (χ3v) is 4.47. The summed E-state index contributed by atoms with van der Waals surface area (Å²) < 4.78 is 84.0. The summed E-state index contributed by atoms with van der Waals surface area (Å²) in [5.74, 6) is -0.608. The second-order valence-corrected chi connectivity index (χ2v) is 6.71. The van der Waals surface area contributed by atoms with Gasteiger partial charge < -0.3 is 26.4 Å². The monoisotopic (exact) mass is 424 g/mol. The summed E-state index contributed by atoms with van der Waals surface area (Å²) in [6.07, 6.45) is -10.1. The highest BCUT2D eigenvalue weighted by atomic mass is 19.4. The van der Waals surface area contributed by atoms with E-state index >= 15 is 0 Å². The number of rotatable bonds is 4. The number of nitrogens with two attached hydrogens (primary N) is 2. The number of hydrogen-bond acceptors (Lipinski definition) is 5. The van der Waals surface area contributed by atoms with Crippen LogP contribution >= 0.6 is 0 Å². The second kappa shape index (κ2) is 6.99. The highest BCUT2D eigenvalue weighted by molar-refractivity contribution is 5.62. The predicted molar refractivity (Wildman–Crippen MR) is 93.0 cm³/mol. The van der Waals surface area contributed by atoms with Crippen LogP contribution in [0.15, 0.2) is 36.4 Å². The third-order valence-electron chi connectivity index (χ3n) is 4.47. The maximum atomic E-state index is 13.1. The summed E-state index contributed by atoms with van der Waals surface area (Å²) in [6, 6.07) is 6.24. The number of halogens is 6. The maximum Gasteiger partial charge on any atom is 0.421 e. The molecule has 2 atom stereocenters. The lowest BCUT2D eigenvalue weighted by Gasteiger charge is -2.29. The van der Waals surface area contributed by atoms with E-state index in [-0.39, 0.29) is 17.2 Å². The largest absolute Gasteiger partial charge is 0.455 e. The van der Waals surface area contributed by atoms with Crippen molar-refractivity contribution in [2.24, 2.45) is 0 Å². The Labute approximate surface area is 161 Å². The van der Waals surface area contributed by atoms with E-state index in [1.54, 1.807) is 0 Å². The van der Waals surface area contributed by atoms with Crippen molar-refractivity contribution in [3.05, 3.63) is 47.5 Å².